The predicted molar refractivity (Wildman–Crippen MR) is 74.6 cm³/mol. The van der Waals surface area contributed by atoms with Gasteiger partial charge in [0.25, 0.3) is 0 Å². The zero-order chi connectivity index (χ0) is 13.1. The van der Waals surface area contributed by atoms with Crippen molar-refractivity contribution in [2.75, 3.05) is 18.5 Å². The second-order valence-electron chi connectivity index (χ2n) is 4.32. The van der Waals surface area contributed by atoms with Crippen molar-refractivity contribution in [1.29, 1.82) is 0 Å². The van der Waals surface area contributed by atoms with Gasteiger partial charge in [0, 0.05) is 18.7 Å². The largest absolute Gasteiger partial charge is 0.466 e. The molecule has 0 spiro atoms. The molecule has 0 bridgehead atoms. The van der Waals surface area contributed by atoms with Crippen LogP contribution in [0.4, 0.5) is 5.69 Å². The molecular formula is C15H23NO2. The van der Waals surface area contributed by atoms with Gasteiger partial charge in [-0.1, -0.05) is 38.0 Å². The maximum Gasteiger partial charge on any atom is 0.305 e. The van der Waals surface area contributed by atoms with Gasteiger partial charge in [-0.25, -0.2) is 0 Å². The van der Waals surface area contributed by atoms with E-state index in [0.717, 1.165) is 37.9 Å². The summed E-state index contributed by atoms with van der Waals surface area (Å²) in [5.74, 6) is -0.0824. The molecule has 0 aromatic heterocycles. The van der Waals surface area contributed by atoms with Crippen molar-refractivity contribution in [1.82, 2.24) is 0 Å². The number of nitrogens with one attached hydrogen (secondary N) is 1. The van der Waals surface area contributed by atoms with Crippen molar-refractivity contribution in [2.24, 2.45) is 0 Å². The minimum absolute atomic E-state index is 0.0824. The molecule has 0 radical (unpaired) electrons. The van der Waals surface area contributed by atoms with E-state index in [4.69, 9.17) is 4.74 Å². The monoisotopic (exact) mass is 249 g/mol. The van der Waals surface area contributed by atoms with Crippen LogP contribution < -0.4 is 5.32 Å². The van der Waals surface area contributed by atoms with Gasteiger partial charge < -0.3 is 10.1 Å². The Morgan fingerprint density at radius 2 is 1.94 bits per heavy atom. The van der Waals surface area contributed by atoms with E-state index in [1.165, 1.54) is 0 Å². The Morgan fingerprint density at radius 3 is 2.67 bits per heavy atom. The SMILES string of the molecule is CCCCCOC(=O)CCCNc1ccccc1. The molecule has 0 aliphatic rings. The summed E-state index contributed by atoms with van der Waals surface area (Å²) in [6.07, 6.45) is 4.55. The average Bonchev–Trinajstić information content (AvgIpc) is 2.41. The molecule has 3 nitrogen and oxygen atoms in total. The first-order chi connectivity index (χ1) is 8.83. The van der Waals surface area contributed by atoms with Crippen LogP contribution in [0.1, 0.15) is 39.0 Å². The third kappa shape index (κ3) is 6.94. The number of hydrogen-bond donors (Lipinski definition) is 1. The summed E-state index contributed by atoms with van der Waals surface area (Å²) < 4.78 is 5.13. The minimum Gasteiger partial charge on any atom is -0.466 e. The van der Waals surface area contributed by atoms with E-state index in [-0.39, 0.29) is 5.97 Å². The van der Waals surface area contributed by atoms with Gasteiger partial charge in [-0.05, 0) is 25.0 Å². The fourth-order valence-corrected chi connectivity index (χ4v) is 1.63. The van der Waals surface area contributed by atoms with Gasteiger partial charge >= 0.3 is 5.97 Å². The van der Waals surface area contributed by atoms with Crippen molar-refractivity contribution in [3.8, 4) is 0 Å². The highest BCUT2D eigenvalue weighted by atomic mass is 16.5. The van der Waals surface area contributed by atoms with Crippen LogP contribution in [-0.2, 0) is 9.53 Å². The molecule has 1 N–H and O–H groups in total. The Morgan fingerprint density at radius 1 is 1.17 bits per heavy atom. The van der Waals surface area contributed by atoms with E-state index < -0.39 is 0 Å². The quantitative estimate of drug-likeness (QED) is 0.536. The number of esters is 1. The lowest BCUT2D eigenvalue weighted by Crippen LogP contribution is -2.09. The van der Waals surface area contributed by atoms with Crippen molar-refractivity contribution in [3.63, 3.8) is 0 Å². The van der Waals surface area contributed by atoms with Crippen LogP contribution in [0.15, 0.2) is 30.3 Å². The highest BCUT2D eigenvalue weighted by Gasteiger charge is 2.01. The smallest absolute Gasteiger partial charge is 0.305 e. The topological polar surface area (TPSA) is 38.3 Å². The maximum absolute atomic E-state index is 11.4. The van der Waals surface area contributed by atoms with E-state index in [9.17, 15) is 4.79 Å². The summed E-state index contributed by atoms with van der Waals surface area (Å²) in [5, 5.41) is 3.27. The molecule has 0 saturated heterocycles. The Bertz CT molecular complexity index is 325. The molecule has 0 atom stereocenters. The number of para-hydroxylation sites is 1. The highest BCUT2D eigenvalue weighted by Crippen LogP contribution is 2.05. The fourth-order valence-electron chi connectivity index (χ4n) is 1.63. The van der Waals surface area contributed by atoms with Gasteiger partial charge in [0.15, 0.2) is 0 Å². The molecule has 1 rings (SSSR count). The van der Waals surface area contributed by atoms with E-state index in [2.05, 4.69) is 12.2 Å². The molecule has 100 valence electrons. The van der Waals surface area contributed by atoms with Crippen LogP contribution in [0, 0.1) is 0 Å². The normalized spacial score (nSPS) is 10.1. The molecule has 0 unspecified atom stereocenters. The Balaban J connectivity index is 1.99. The Labute approximate surface area is 110 Å². The number of carbonyl (C=O) groups excluding carboxylic acids is 1. The molecule has 0 aliphatic carbocycles. The van der Waals surface area contributed by atoms with Crippen molar-refractivity contribution < 1.29 is 9.53 Å². The van der Waals surface area contributed by atoms with E-state index in [1.807, 2.05) is 30.3 Å². The van der Waals surface area contributed by atoms with Crippen LogP contribution in [-0.4, -0.2) is 19.1 Å². The lowest BCUT2D eigenvalue weighted by Gasteiger charge is -2.06. The molecule has 0 fully saturated rings. The number of rotatable bonds is 9. The first-order valence-electron chi connectivity index (χ1n) is 6.77. The van der Waals surface area contributed by atoms with Gasteiger partial charge in [0.05, 0.1) is 6.61 Å². The molecule has 18 heavy (non-hydrogen) atoms. The van der Waals surface area contributed by atoms with Crippen LogP contribution >= 0.6 is 0 Å². The predicted octanol–water partition coefficient (Wildman–Crippen LogP) is 3.61. The summed E-state index contributed by atoms with van der Waals surface area (Å²) >= 11 is 0. The van der Waals surface area contributed by atoms with Gasteiger partial charge in [0.1, 0.15) is 0 Å². The van der Waals surface area contributed by atoms with Crippen molar-refractivity contribution in [2.45, 2.75) is 39.0 Å². The third-order valence-corrected chi connectivity index (χ3v) is 2.67. The fraction of sp³-hybridized carbons (Fsp3) is 0.533. The lowest BCUT2D eigenvalue weighted by atomic mass is 10.2. The number of carbonyl (C=O) groups is 1. The highest BCUT2D eigenvalue weighted by molar-refractivity contribution is 5.69. The lowest BCUT2D eigenvalue weighted by molar-refractivity contribution is -0.143. The molecule has 0 amide bonds. The number of hydrogen-bond acceptors (Lipinski definition) is 3. The Kier molecular flexibility index (Phi) is 7.69. The first kappa shape index (κ1) is 14.6. The maximum atomic E-state index is 11.4. The van der Waals surface area contributed by atoms with Crippen LogP contribution in [0.3, 0.4) is 0 Å². The van der Waals surface area contributed by atoms with Crippen LogP contribution in [0.25, 0.3) is 0 Å². The van der Waals surface area contributed by atoms with Gasteiger partial charge in [0.2, 0.25) is 0 Å². The summed E-state index contributed by atoms with van der Waals surface area (Å²) in [6, 6.07) is 10.00. The molecule has 1 aromatic rings. The zero-order valence-corrected chi connectivity index (χ0v) is 11.2. The third-order valence-electron chi connectivity index (χ3n) is 2.67. The standard InChI is InChI=1S/C15H23NO2/c1-2-3-7-13-18-15(17)11-8-12-16-14-9-5-4-6-10-14/h4-6,9-10,16H,2-3,7-8,11-13H2,1H3. The Hall–Kier alpha value is -1.51. The molecule has 0 heterocycles. The number of anilines is 1. The number of unbranched alkanes of at least 4 members (excludes halogenated alkanes) is 2. The second-order valence-corrected chi connectivity index (χ2v) is 4.32. The minimum atomic E-state index is -0.0824. The summed E-state index contributed by atoms with van der Waals surface area (Å²) in [6.45, 7) is 3.50. The molecular weight excluding hydrogens is 226 g/mol. The van der Waals surface area contributed by atoms with Crippen LogP contribution in [0.5, 0.6) is 0 Å². The summed E-state index contributed by atoms with van der Waals surface area (Å²) in [7, 11) is 0. The summed E-state index contributed by atoms with van der Waals surface area (Å²) in [5.41, 5.74) is 1.09. The van der Waals surface area contributed by atoms with Crippen LogP contribution in [0.2, 0.25) is 0 Å². The number of benzene rings is 1. The summed E-state index contributed by atoms with van der Waals surface area (Å²) in [4.78, 5) is 11.4. The molecule has 0 saturated carbocycles. The van der Waals surface area contributed by atoms with E-state index in [0.29, 0.717) is 13.0 Å². The number of ether oxygens (including phenoxy) is 1. The van der Waals surface area contributed by atoms with Crippen molar-refractivity contribution >= 4 is 11.7 Å². The average molecular weight is 249 g/mol. The van der Waals surface area contributed by atoms with Gasteiger partial charge in [-0.3, -0.25) is 4.79 Å². The molecule has 0 aliphatic heterocycles. The van der Waals surface area contributed by atoms with Gasteiger partial charge in [-0.2, -0.15) is 0 Å². The van der Waals surface area contributed by atoms with E-state index >= 15 is 0 Å². The molecule has 1 aromatic carbocycles. The van der Waals surface area contributed by atoms with Crippen molar-refractivity contribution in [3.05, 3.63) is 30.3 Å². The zero-order valence-electron chi connectivity index (χ0n) is 11.2. The van der Waals surface area contributed by atoms with E-state index in [1.54, 1.807) is 0 Å². The van der Waals surface area contributed by atoms with Gasteiger partial charge in [-0.15, -0.1) is 0 Å². The molecule has 3 heteroatoms. The second kappa shape index (κ2) is 9.51. The first-order valence-corrected chi connectivity index (χ1v) is 6.77.